The molecule has 5 nitrogen and oxygen atoms in total. The average molecular weight is 472 g/mol. The summed E-state index contributed by atoms with van der Waals surface area (Å²) in [6.07, 6.45) is 1.82. The molecule has 0 amide bonds. The summed E-state index contributed by atoms with van der Waals surface area (Å²) < 4.78 is 11.0. The number of thioether (sulfide) groups is 1. The quantitative estimate of drug-likeness (QED) is 0.385. The Bertz CT molecular complexity index is 1240. The first-order chi connectivity index (χ1) is 16.5. The summed E-state index contributed by atoms with van der Waals surface area (Å²) >= 11 is 1.24. The van der Waals surface area contributed by atoms with Crippen LogP contribution in [0.15, 0.2) is 100 Å². The molecule has 0 spiro atoms. The summed E-state index contributed by atoms with van der Waals surface area (Å²) in [5, 5.41) is 11.2. The Morgan fingerprint density at radius 1 is 1.00 bits per heavy atom. The van der Waals surface area contributed by atoms with Gasteiger partial charge in [-0.25, -0.2) is 9.79 Å². The van der Waals surface area contributed by atoms with Gasteiger partial charge >= 0.3 is 5.97 Å². The number of aliphatic hydroxyl groups is 1. The molecule has 0 bridgehead atoms. The maximum absolute atomic E-state index is 12.5. The summed E-state index contributed by atoms with van der Waals surface area (Å²) in [4.78, 5) is 17.6. The van der Waals surface area contributed by atoms with Crippen LogP contribution in [-0.4, -0.2) is 22.7 Å². The van der Waals surface area contributed by atoms with E-state index < -0.39 is 5.97 Å². The number of rotatable bonds is 7. The molecule has 6 heteroatoms. The van der Waals surface area contributed by atoms with Gasteiger partial charge in [-0.3, -0.25) is 0 Å². The molecular formula is C28H25NO4S. The number of aliphatic imine (C=N–C) groups is 1. The van der Waals surface area contributed by atoms with Crippen molar-refractivity contribution in [2.24, 2.45) is 4.99 Å². The molecule has 0 unspecified atom stereocenters. The van der Waals surface area contributed by atoms with Gasteiger partial charge in [-0.15, -0.1) is 0 Å². The van der Waals surface area contributed by atoms with E-state index in [1.807, 2.05) is 60.7 Å². The minimum absolute atomic E-state index is 0.0833. The van der Waals surface area contributed by atoms with Crippen LogP contribution in [0.1, 0.15) is 23.6 Å². The number of hydrogen-bond acceptors (Lipinski definition) is 6. The number of hydrogen-bond donors (Lipinski definition) is 1. The monoisotopic (exact) mass is 471 g/mol. The van der Waals surface area contributed by atoms with Crippen LogP contribution < -0.4 is 4.74 Å². The number of benzene rings is 3. The third kappa shape index (κ3) is 5.77. The number of nitrogens with zero attached hydrogens (tertiary/aromatic N) is 1. The first-order valence-electron chi connectivity index (χ1n) is 11.0. The third-order valence-electron chi connectivity index (χ3n) is 5.06. The van der Waals surface area contributed by atoms with Gasteiger partial charge in [0.2, 0.25) is 0 Å². The smallest absolute Gasteiger partial charge is 0.344 e. The molecule has 3 aromatic rings. The molecule has 0 aromatic heterocycles. The normalized spacial score (nSPS) is 15.7. The molecule has 1 aliphatic rings. The standard InChI is InChI=1S/C28H25NO4S/c1-3-32-28(31)25-26(30)24(34-27(25)29-22-7-5-4-6-8-22)17-20-13-15-23(16-14-20)33-18-21-11-9-19(2)10-12-21/h4-17,30H,3,18H2,1-2H3/b24-17-,29-27?. The van der Waals surface area contributed by atoms with Gasteiger partial charge in [-0.2, -0.15) is 0 Å². The van der Waals surface area contributed by atoms with Crippen molar-refractivity contribution in [3.8, 4) is 5.75 Å². The van der Waals surface area contributed by atoms with Gasteiger partial charge in [0.15, 0.2) is 0 Å². The van der Waals surface area contributed by atoms with Gasteiger partial charge in [-0.05, 0) is 55.3 Å². The van der Waals surface area contributed by atoms with E-state index >= 15 is 0 Å². The predicted molar refractivity (Wildman–Crippen MR) is 137 cm³/mol. The zero-order chi connectivity index (χ0) is 23.9. The summed E-state index contributed by atoms with van der Waals surface area (Å²) in [5.74, 6) is 0.0309. The lowest BCUT2D eigenvalue weighted by Gasteiger charge is -2.07. The molecule has 172 valence electrons. The molecule has 1 aliphatic heterocycles. The van der Waals surface area contributed by atoms with Crippen molar-refractivity contribution in [3.63, 3.8) is 0 Å². The molecule has 0 atom stereocenters. The van der Waals surface area contributed by atoms with Crippen molar-refractivity contribution in [1.29, 1.82) is 0 Å². The van der Waals surface area contributed by atoms with Crippen LogP contribution in [0, 0.1) is 6.92 Å². The Hall–Kier alpha value is -3.77. The van der Waals surface area contributed by atoms with Crippen molar-refractivity contribution in [3.05, 3.63) is 112 Å². The largest absolute Gasteiger partial charge is 0.506 e. The summed E-state index contributed by atoms with van der Waals surface area (Å²) in [6.45, 7) is 4.48. The Morgan fingerprint density at radius 3 is 2.38 bits per heavy atom. The Kier molecular flexibility index (Phi) is 7.50. The molecule has 3 aromatic carbocycles. The third-order valence-corrected chi connectivity index (χ3v) is 6.08. The van der Waals surface area contributed by atoms with Crippen LogP contribution in [0.4, 0.5) is 5.69 Å². The second kappa shape index (κ2) is 10.9. The topological polar surface area (TPSA) is 68.1 Å². The highest BCUT2D eigenvalue weighted by Gasteiger charge is 2.33. The van der Waals surface area contributed by atoms with Gasteiger partial charge in [0.1, 0.15) is 28.7 Å². The van der Waals surface area contributed by atoms with Gasteiger partial charge in [0, 0.05) is 0 Å². The fourth-order valence-corrected chi connectivity index (χ4v) is 4.31. The van der Waals surface area contributed by atoms with Gasteiger partial charge in [-0.1, -0.05) is 71.9 Å². The predicted octanol–water partition coefficient (Wildman–Crippen LogP) is 6.77. The number of aliphatic hydroxyl groups excluding tert-OH is 1. The number of esters is 1. The maximum atomic E-state index is 12.5. The van der Waals surface area contributed by atoms with E-state index in [0.29, 0.717) is 22.2 Å². The molecule has 34 heavy (non-hydrogen) atoms. The van der Waals surface area contributed by atoms with E-state index in [0.717, 1.165) is 16.9 Å². The Labute approximate surface area is 203 Å². The number of carbonyl (C=O) groups excluding carboxylic acids is 1. The number of carbonyl (C=O) groups is 1. The van der Waals surface area contributed by atoms with Gasteiger partial charge in [0.05, 0.1) is 17.2 Å². The lowest BCUT2D eigenvalue weighted by molar-refractivity contribution is -0.138. The van der Waals surface area contributed by atoms with E-state index in [-0.39, 0.29) is 17.9 Å². The SMILES string of the molecule is CCOC(=O)C1=C(O)/C(=C/c2ccc(OCc3ccc(C)cc3)cc2)SC1=Nc1ccccc1. The van der Waals surface area contributed by atoms with Crippen LogP contribution in [-0.2, 0) is 16.1 Å². The molecule has 0 radical (unpaired) electrons. The molecular weight excluding hydrogens is 446 g/mol. The van der Waals surface area contributed by atoms with Crippen molar-refractivity contribution in [2.75, 3.05) is 6.61 Å². The van der Waals surface area contributed by atoms with E-state index in [1.165, 1.54) is 17.3 Å². The van der Waals surface area contributed by atoms with Crippen LogP contribution >= 0.6 is 11.8 Å². The Morgan fingerprint density at radius 2 is 1.71 bits per heavy atom. The highest BCUT2D eigenvalue weighted by molar-refractivity contribution is 8.18. The molecule has 1 heterocycles. The number of aryl methyl sites for hydroxylation is 1. The lowest BCUT2D eigenvalue weighted by atomic mass is 10.1. The molecule has 0 fully saturated rings. The van der Waals surface area contributed by atoms with Gasteiger partial charge < -0.3 is 14.6 Å². The second-order valence-electron chi connectivity index (χ2n) is 7.65. The van der Waals surface area contributed by atoms with E-state index in [2.05, 4.69) is 36.2 Å². The minimum Gasteiger partial charge on any atom is -0.506 e. The number of para-hydroxylation sites is 1. The molecule has 1 N–H and O–H groups in total. The molecule has 0 aliphatic carbocycles. The highest BCUT2D eigenvalue weighted by atomic mass is 32.2. The van der Waals surface area contributed by atoms with Crippen LogP contribution in [0.25, 0.3) is 6.08 Å². The van der Waals surface area contributed by atoms with Crippen molar-refractivity contribution in [1.82, 2.24) is 0 Å². The molecule has 4 rings (SSSR count). The fraction of sp³-hybridized carbons (Fsp3) is 0.143. The first kappa shape index (κ1) is 23.4. The van der Waals surface area contributed by atoms with Gasteiger partial charge in [0.25, 0.3) is 0 Å². The zero-order valence-electron chi connectivity index (χ0n) is 19.0. The minimum atomic E-state index is -0.592. The molecule has 0 saturated carbocycles. The average Bonchev–Trinajstić information content (AvgIpc) is 3.14. The van der Waals surface area contributed by atoms with Crippen LogP contribution in [0.3, 0.4) is 0 Å². The second-order valence-corrected chi connectivity index (χ2v) is 8.68. The van der Waals surface area contributed by atoms with E-state index in [4.69, 9.17) is 9.47 Å². The highest BCUT2D eigenvalue weighted by Crippen LogP contribution is 2.40. The Balaban J connectivity index is 1.53. The maximum Gasteiger partial charge on any atom is 0.344 e. The fourth-order valence-electron chi connectivity index (χ4n) is 3.27. The van der Waals surface area contributed by atoms with E-state index in [1.54, 1.807) is 6.92 Å². The summed E-state index contributed by atoms with van der Waals surface area (Å²) in [6, 6.07) is 25.1. The van der Waals surface area contributed by atoms with Crippen molar-refractivity contribution in [2.45, 2.75) is 20.5 Å². The lowest BCUT2D eigenvalue weighted by Crippen LogP contribution is -2.12. The zero-order valence-corrected chi connectivity index (χ0v) is 19.8. The molecule has 0 saturated heterocycles. The first-order valence-corrected chi connectivity index (χ1v) is 11.8. The number of ether oxygens (including phenoxy) is 2. The van der Waals surface area contributed by atoms with Crippen molar-refractivity contribution < 1.29 is 19.4 Å². The van der Waals surface area contributed by atoms with Crippen LogP contribution in [0.2, 0.25) is 0 Å². The summed E-state index contributed by atoms with van der Waals surface area (Å²) in [5.41, 5.74) is 3.95. The summed E-state index contributed by atoms with van der Waals surface area (Å²) in [7, 11) is 0. The van der Waals surface area contributed by atoms with Crippen molar-refractivity contribution >= 4 is 34.5 Å². The van der Waals surface area contributed by atoms with E-state index in [9.17, 15) is 9.90 Å². The van der Waals surface area contributed by atoms with Crippen LogP contribution in [0.5, 0.6) is 5.75 Å².